The zero-order chi connectivity index (χ0) is 15.1. The molecule has 112 valence electrons. The highest BCUT2D eigenvalue weighted by atomic mass is 35.5. The Hall–Kier alpha value is -0.730. The lowest BCUT2D eigenvalue weighted by atomic mass is 9.96. The lowest BCUT2D eigenvalue weighted by molar-refractivity contribution is 0.0977. The number of Topliss-reactive ketones (excluding diaryl/α,β-unsaturated/α-hetero) is 1. The van der Waals surface area contributed by atoms with Crippen LogP contribution in [0.2, 0.25) is 5.02 Å². The number of rotatable bonds is 8. The van der Waals surface area contributed by atoms with Gasteiger partial charge in [-0.05, 0) is 36.5 Å². The molecule has 4 heteroatoms. The Morgan fingerprint density at radius 3 is 2.60 bits per heavy atom. The van der Waals surface area contributed by atoms with Gasteiger partial charge in [0.2, 0.25) is 0 Å². The minimum Gasteiger partial charge on any atom is -0.493 e. The van der Waals surface area contributed by atoms with Gasteiger partial charge in [-0.15, -0.1) is 11.6 Å². The van der Waals surface area contributed by atoms with E-state index in [4.69, 9.17) is 27.9 Å². The number of ketones is 1. The van der Waals surface area contributed by atoms with Crippen LogP contribution in [0.15, 0.2) is 12.1 Å². The first-order valence-electron chi connectivity index (χ1n) is 7.06. The second kappa shape index (κ2) is 8.53. The molecular formula is C16H22Cl2O2. The van der Waals surface area contributed by atoms with Gasteiger partial charge >= 0.3 is 0 Å². The van der Waals surface area contributed by atoms with Crippen molar-refractivity contribution in [3.63, 3.8) is 0 Å². The Kier molecular flexibility index (Phi) is 7.39. The molecule has 2 nitrogen and oxygen atoms in total. The van der Waals surface area contributed by atoms with E-state index in [9.17, 15) is 4.79 Å². The predicted octanol–water partition coefficient (Wildman–Crippen LogP) is 5.45. The molecule has 0 atom stereocenters. The van der Waals surface area contributed by atoms with Crippen LogP contribution in [0.3, 0.4) is 0 Å². The standard InChI is InChI=1S/C16H22Cl2O2/c1-4-8-20-16-13(11(2)3)9-12(18)10-14(16)15(19)6-5-7-17/h9-11H,4-8H2,1-3H3. The summed E-state index contributed by atoms with van der Waals surface area (Å²) >= 11 is 11.8. The van der Waals surface area contributed by atoms with Gasteiger partial charge in [-0.2, -0.15) is 0 Å². The van der Waals surface area contributed by atoms with Gasteiger partial charge < -0.3 is 4.74 Å². The molecule has 1 aromatic rings. The molecule has 20 heavy (non-hydrogen) atoms. The third-order valence-electron chi connectivity index (χ3n) is 2.99. The number of benzene rings is 1. The molecule has 0 saturated heterocycles. The van der Waals surface area contributed by atoms with E-state index in [1.54, 1.807) is 6.07 Å². The topological polar surface area (TPSA) is 26.3 Å². The maximum atomic E-state index is 12.3. The summed E-state index contributed by atoms with van der Waals surface area (Å²) in [6.45, 7) is 6.77. The number of halogens is 2. The second-order valence-corrected chi connectivity index (χ2v) is 5.90. The molecule has 0 unspecified atom stereocenters. The van der Waals surface area contributed by atoms with Crippen molar-refractivity contribution in [3.05, 3.63) is 28.3 Å². The van der Waals surface area contributed by atoms with Crippen molar-refractivity contribution in [1.29, 1.82) is 0 Å². The lowest BCUT2D eigenvalue weighted by Gasteiger charge is -2.18. The number of alkyl halides is 1. The molecule has 0 radical (unpaired) electrons. The van der Waals surface area contributed by atoms with Crippen LogP contribution < -0.4 is 4.74 Å². The van der Waals surface area contributed by atoms with Gasteiger partial charge in [0.25, 0.3) is 0 Å². The van der Waals surface area contributed by atoms with Crippen LogP contribution in [0.25, 0.3) is 0 Å². The normalized spacial score (nSPS) is 10.9. The van der Waals surface area contributed by atoms with Crippen molar-refractivity contribution in [2.24, 2.45) is 0 Å². The third-order valence-corrected chi connectivity index (χ3v) is 3.48. The van der Waals surface area contributed by atoms with E-state index >= 15 is 0 Å². The SMILES string of the molecule is CCCOc1c(C(=O)CCCCl)cc(Cl)cc1C(C)C. The highest BCUT2D eigenvalue weighted by Crippen LogP contribution is 2.34. The fraction of sp³-hybridized carbons (Fsp3) is 0.562. The van der Waals surface area contributed by atoms with E-state index in [2.05, 4.69) is 13.8 Å². The molecule has 1 rings (SSSR count). The number of hydrogen-bond donors (Lipinski definition) is 0. The van der Waals surface area contributed by atoms with Crippen molar-refractivity contribution in [2.45, 2.75) is 46.0 Å². The smallest absolute Gasteiger partial charge is 0.166 e. The average molecular weight is 317 g/mol. The van der Waals surface area contributed by atoms with E-state index < -0.39 is 0 Å². The van der Waals surface area contributed by atoms with Gasteiger partial charge in [0.1, 0.15) is 5.75 Å². The molecule has 0 aromatic heterocycles. The van der Waals surface area contributed by atoms with Crippen LogP contribution in [0, 0.1) is 0 Å². The first-order valence-corrected chi connectivity index (χ1v) is 7.97. The number of carbonyl (C=O) groups is 1. The van der Waals surface area contributed by atoms with Crippen LogP contribution in [0.1, 0.15) is 61.9 Å². The van der Waals surface area contributed by atoms with Gasteiger partial charge in [-0.1, -0.05) is 32.4 Å². The molecule has 0 amide bonds. The van der Waals surface area contributed by atoms with Crippen LogP contribution >= 0.6 is 23.2 Å². The van der Waals surface area contributed by atoms with Crippen molar-refractivity contribution in [2.75, 3.05) is 12.5 Å². The molecular weight excluding hydrogens is 295 g/mol. The maximum Gasteiger partial charge on any atom is 0.166 e. The molecule has 0 bridgehead atoms. The number of hydrogen-bond acceptors (Lipinski definition) is 2. The predicted molar refractivity (Wildman–Crippen MR) is 85.6 cm³/mol. The van der Waals surface area contributed by atoms with Crippen molar-refractivity contribution in [3.8, 4) is 5.75 Å². The summed E-state index contributed by atoms with van der Waals surface area (Å²) in [6, 6.07) is 3.59. The summed E-state index contributed by atoms with van der Waals surface area (Å²) < 4.78 is 5.82. The second-order valence-electron chi connectivity index (χ2n) is 5.09. The molecule has 1 aromatic carbocycles. The van der Waals surface area contributed by atoms with Gasteiger partial charge in [0, 0.05) is 17.3 Å². The summed E-state index contributed by atoms with van der Waals surface area (Å²) in [5, 5.41) is 0.576. The van der Waals surface area contributed by atoms with Gasteiger partial charge in [-0.25, -0.2) is 0 Å². The molecule has 0 aliphatic heterocycles. The molecule has 0 aliphatic carbocycles. The third kappa shape index (κ3) is 4.68. The van der Waals surface area contributed by atoms with E-state index in [1.165, 1.54) is 0 Å². The Balaban J connectivity index is 3.20. The van der Waals surface area contributed by atoms with Crippen LogP contribution in [-0.2, 0) is 0 Å². The minimum absolute atomic E-state index is 0.0427. The van der Waals surface area contributed by atoms with E-state index in [0.29, 0.717) is 41.7 Å². The van der Waals surface area contributed by atoms with Crippen LogP contribution in [0.4, 0.5) is 0 Å². The highest BCUT2D eigenvalue weighted by molar-refractivity contribution is 6.31. The molecule has 0 fully saturated rings. The Bertz CT molecular complexity index is 456. The monoisotopic (exact) mass is 316 g/mol. The van der Waals surface area contributed by atoms with Gasteiger partial charge in [-0.3, -0.25) is 4.79 Å². The van der Waals surface area contributed by atoms with Crippen molar-refractivity contribution >= 4 is 29.0 Å². The van der Waals surface area contributed by atoms with E-state index in [-0.39, 0.29) is 11.7 Å². The Labute approximate surface area is 131 Å². The quantitative estimate of drug-likeness (QED) is 0.470. The zero-order valence-electron chi connectivity index (χ0n) is 12.3. The molecule has 0 aliphatic rings. The molecule has 0 heterocycles. The first kappa shape index (κ1) is 17.3. The Morgan fingerprint density at radius 2 is 2.05 bits per heavy atom. The summed E-state index contributed by atoms with van der Waals surface area (Å²) in [7, 11) is 0. The summed E-state index contributed by atoms with van der Waals surface area (Å²) in [5.41, 5.74) is 1.57. The first-order chi connectivity index (χ1) is 9.51. The number of ether oxygens (including phenoxy) is 1. The Morgan fingerprint density at radius 1 is 1.35 bits per heavy atom. The molecule has 0 N–H and O–H groups in total. The van der Waals surface area contributed by atoms with Crippen LogP contribution in [-0.4, -0.2) is 18.3 Å². The summed E-state index contributed by atoms with van der Waals surface area (Å²) in [5.74, 6) is 1.46. The fourth-order valence-electron chi connectivity index (χ4n) is 1.98. The number of carbonyl (C=O) groups excluding carboxylic acids is 1. The van der Waals surface area contributed by atoms with E-state index in [0.717, 1.165) is 12.0 Å². The highest BCUT2D eigenvalue weighted by Gasteiger charge is 2.19. The largest absolute Gasteiger partial charge is 0.493 e. The average Bonchev–Trinajstić information content (AvgIpc) is 2.42. The van der Waals surface area contributed by atoms with Gasteiger partial charge in [0.15, 0.2) is 5.78 Å². The van der Waals surface area contributed by atoms with Crippen molar-refractivity contribution in [1.82, 2.24) is 0 Å². The minimum atomic E-state index is 0.0427. The van der Waals surface area contributed by atoms with E-state index in [1.807, 2.05) is 13.0 Å². The van der Waals surface area contributed by atoms with Gasteiger partial charge in [0.05, 0.1) is 12.2 Å². The lowest BCUT2D eigenvalue weighted by Crippen LogP contribution is -2.08. The maximum absolute atomic E-state index is 12.3. The molecule has 0 spiro atoms. The summed E-state index contributed by atoms with van der Waals surface area (Å²) in [6.07, 6.45) is 1.98. The van der Waals surface area contributed by atoms with Crippen LogP contribution in [0.5, 0.6) is 5.75 Å². The zero-order valence-corrected chi connectivity index (χ0v) is 13.9. The molecule has 0 saturated carbocycles. The van der Waals surface area contributed by atoms with Crippen molar-refractivity contribution < 1.29 is 9.53 Å². The fourth-order valence-corrected chi connectivity index (χ4v) is 2.34. The summed E-state index contributed by atoms with van der Waals surface area (Å²) in [4.78, 5) is 12.3.